The van der Waals surface area contributed by atoms with Crippen molar-refractivity contribution in [3.05, 3.63) is 53.6 Å². The van der Waals surface area contributed by atoms with Crippen molar-refractivity contribution in [3.8, 4) is 5.75 Å². The fourth-order valence-electron chi connectivity index (χ4n) is 2.82. The van der Waals surface area contributed by atoms with Crippen LogP contribution in [0.5, 0.6) is 5.75 Å². The van der Waals surface area contributed by atoms with Crippen LogP contribution < -0.4 is 10.1 Å². The van der Waals surface area contributed by atoms with Crippen LogP contribution in [0.1, 0.15) is 5.56 Å². The van der Waals surface area contributed by atoms with Gasteiger partial charge in [-0.15, -0.1) is 0 Å². The molecule has 3 rings (SSSR count). The second kappa shape index (κ2) is 8.85. The van der Waals surface area contributed by atoms with Crippen LogP contribution in [0.3, 0.4) is 0 Å². The fraction of sp³-hybridized carbons (Fsp3) is 0.316. The number of morpholine rings is 1. The molecule has 1 aliphatic heterocycles. The minimum atomic E-state index is -3.65. The molecule has 1 heterocycles. The van der Waals surface area contributed by atoms with Gasteiger partial charge in [0.15, 0.2) is 6.61 Å². The Morgan fingerprint density at radius 2 is 1.83 bits per heavy atom. The number of hydrogen-bond donors (Lipinski definition) is 1. The highest BCUT2D eigenvalue weighted by atomic mass is 32.2. The van der Waals surface area contributed by atoms with Gasteiger partial charge in [0, 0.05) is 13.1 Å². The Bertz CT molecular complexity index is 987. The van der Waals surface area contributed by atoms with E-state index in [1.165, 1.54) is 28.6 Å². The molecule has 10 heteroatoms. The van der Waals surface area contributed by atoms with E-state index in [0.29, 0.717) is 18.8 Å². The second-order valence-electron chi connectivity index (χ2n) is 6.38. The Kier molecular flexibility index (Phi) is 6.46. The third-order valence-corrected chi connectivity index (χ3v) is 6.23. The Morgan fingerprint density at radius 1 is 1.17 bits per heavy atom. The van der Waals surface area contributed by atoms with Gasteiger partial charge >= 0.3 is 0 Å². The van der Waals surface area contributed by atoms with Gasteiger partial charge < -0.3 is 14.8 Å². The largest absolute Gasteiger partial charge is 0.483 e. The summed E-state index contributed by atoms with van der Waals surface area (Å²) in [6.45, 7) is 2.40. The molecule has 0 saturated carbocycles. The van der Waals surface area contributed by atoms with E-state index >= 15 is 0 Å². The molecule has 0 spiro atoms. The van der Waals surface area contributed by atoms with E-state index in [0.717, 1.165) is 12.1 Å². The number of amides is 1. The lowest BCUT2D eigenvalue weighted by molar-refractivity contribution is -0.118. The zero-order valence-corrected chi connectivity index (χ0v) is 16.5. The van der Waals surface area contributed by atoms with Crippen molar-refractivity contribution in [3.63, 3.8) is 0 Å². The molecule has 1 fully saturated rings. The maximum absolute atomic E-state index is 13.6. The number of carbonyl (C=O) groups is 1. The Morgan fingerprint density at radius 3 is 2.45 bits per heavy atom. The molecule has 0 aromatic heterocycles. The van der Waals surface area contributed by atoms with Crippen LogP contribution in [0.2, 0.25) is 0 Å². The highest BCUT2D eigenvalue weighted by Gasteiger charge is 2.26. The van der Waals surface area contributed by atoms with Crippen LogP contribution in [-0.2, 0) is 19.6 Å². The number of halogens is 2. The molecule has 1 amide bonds. The number of rotatable bonds is 6. The van der Waals surface area contributed by atoms with Crippen LogP contribution >= 0.6 is 0 Å². The summed E-state index contributed by atoms with van der Waals surface area (Å²) < 4.78 is 64.4. The van der Waals surface area contributed by atoms with Crippen molar-refractivity contribution < 1.29 is 31.5 Å². The van der Waals surface area contributed by atoms with Gasteiger partial charge in [0.05, 0.1) is 18.1 Å². The van der Waals surface area contributed by atoms with Gasteiger partial charge in [-0.1, -0.05) is 6.07 Å². The molecule has 1 aliphatic rings. The van der Waals surface area contributed by atoms with Gasteiger partial charge in [0.1, 0.15) is 23.1 Å². The van der Waals surface area contributed by atoms with Crippen LogP contribution in [0.4, 0.5) is 14.5 Å². The third-order valence-electron chi connectivity index (χ3n) is 4.34. The first-order valence-electron chi connectivity index (χ1n) is 8.84. The second-order valence-corrected chi connectivity index (χ2v) is 8.32. The van der Waals surface area contributed by atoms with Crippen molar-refractivity contribution in [2.75, 3.05) is 38.2 Å². The SMILES string of the molecule is Cc1cc(S(=O)(=O)N2CCOCC2)ccc1OCC(=O)Nc1c(F)cccc1F. The topological polar surface area (TPSA) is 84.9 Å². The number of carbonyl (C=O) groups excluding carboxylic acids is 1. The molecule has 2 aromatic carbocycles. The summed E-state index contributed by atoms with van der Waals surface area (Å²) in [5.74, 6) is -2.26. The molecule has 1 N–H and O–H groups in total. The standard InChI is InChI=1S/C19H20F2N2O5S/c1-13-11-14(29(25,26)23-7-9-27-10-8-23)5-6-17(13)28-12-18(24)22-19-15(20)3-2-4-16(19)21/h2-6,11H,7-10,12H2,1H3,(H,22,24). The van der Waals surface area contributed by atoms with E-state index < -0.39 is 39.9 Å². The van der Waals surface area contributed by atoms with Crippen molar-refractivity contribution in [2.24, 2.45) is 0 Å². The highest BCUT2D eigenvalue weighted by Crippen LogP contribution is 2.25. The van der Waals surface area contributed by atoms with Crippen LogP contribution in [0.15, 0.2) is 41.3 Å². The van der Waals surface area contributed by atoms with Gasteiger partial charge in [-0.05, 0) is 42.8 Å². The lowest BCUT2D eigenvalue weighted by atomic mass is 10.2. The van der Waals surface area contributed by atoms with Gasteiger partial charge in [-0.3, -0.25) is 4.79 Å². The minimum absolute atomic E-state index is 0.113. The zero-order valence-electron chi connectivity index (χ0n) is 15.7. The molecular formula is C19H20F2N2O5S. The average molecular weight is 426 g/mol. The van der Waals surface area contributed by atoms with Crippen molar-refractivity contribution in [2.45, 2.75) is 11.8 Å². The zero-order chi connectivity index (χ0) is 21.0. The molecule has 7 nitrogen and oxygen atoms in total. The molecule has 29 heavy (non-hydrogen) atoms. The number of nitrogens with zero attached hydrogens (tertiary/aromatic N) is 1. The van der Waals surface area contributed by atoms with Crippen molar-refractivity contribution in [1.29, 1.82) is 0 Å². The summed E-state index contributed by atoms with van der Waals surface area (Å²) in [6, 6.07) is 7.52. The Balaban J connectivity index is 1.65. The van der Waals surface area contributed by atoms with Crippen molar-refractivity contribution in [1.82, 2.24) is 4.31 Å². The van der Waals surface area contributed by atoms with Gasteiger partial charge in [0.25, 0.3) is 5.91 Å². The fourth-order valence-corrected chi connectivity index (χ4v) is 4.31. The molecule has 2 aromatic rings. The summed E-state index contributed by atoms with van der Waals surface area (Å²) >= 11 is 0. The first-order valence-corrected chi connectivity index (χ1v) is 10.3. The summed E-state index contributed by atoms with van der Waals surface area (Å²) in [7, 11) is -3.65. The van der Waals surface area contributed by atoms with Gasteiger partial charge in [-0.25, -0.2) is 17.2 Å². The first-order chi connectivity index (χ1) is 13.8. The van der Waals surface area contributed by atoms with E-state index in [2.05, 4.69) is 5.32 Å². The molecule has 0 unspecified atom stereocenters. The molecular weight excluding hydrogens is 406 g/mol. The first kappa shape index (κ1) is 21.2. The number of nitrogens with one attached hydrogen (secondary N) is 1. The van der Waals surface area contributed by atoms with Crippen molar-refractivity contribution >= 4 is 21.6 Å². The minimum Gasteiger partial charge on any atom is -0.483 e. The van der Waals surface area contributed by atoms with E-state index in [4.69, 9.17) is 9.47 Å². The number of ether oxygens (including phenoxy) is 2. The number of sulfonamides is 1. The predicted octanol–water partition coefficient (Wildman–Crippen LogP) is 2.31. The summed E-state index contributed by atoms with van der Waals surface area (Å²) in [5, 5.41) is 2.12. The average Bonchev–Trinajstić information content (AvgIpc) is 2.70. The molecule has 0 aliphatic carbocycles. The van der Waals surface area contributed by atoms with E-state index in [1.807, 2.05) is 0 Å². The number of anilines is 1. The highest BCUT2D eigenvalue weighted by molar-refractivity contribution is 7.89. The number of para-hydroxylation sites is 1. The molecule has 0 bridgehead atoms. The lowest BCUT2D eigenvalue weighted by Gasteiger charge is -2.26. The van der Waals surface area contributed by atoms with E-state index in [-0.39, 0.29) is 23.7 Å². The van der Waals surface area contributed by atoms with Crippen LogP contribution in [0, 0.1) is 18.6 Å². The van der Waals surface area contributed by atoms with Crippen LogP contribution in [0.25, 0.3) is 0 Å². The van der Waals surface area contributed by atoms with Gasteiger partial charge in [-0.2, -0.15) is 4.31 Å². The summed E-state index contributed by atoms with van der Waals surface area (Å²) in [6.07, 6.45) is 0. The molecule has 0 radical (unpaired) electrons. The molecule has 1 saturated heterocycles. The van der Waals surface area contributed by atoms with Crippen LogP contribution in [-0.4, -0.2) is 51.5 Å². The summed E-state index contributed by atoms with van der Waals surface area (Å²) in [4.78, 5) is 12.1. The smallest absolute Gasteiger partial charge is 0.262 e. The predicted molar refractivity (Wildman–Crippen MR) is 101 cm³/mol. The third kappa shape index (κ3) is 4.89. The monoisotopic (exact) mass is 426 g/mol. The normalized spacial score (nSPS) is 15.1. The molecule has 156 valence electrons. The molecule has 0 atom stereocenters. The van der Waals surface area contributed by atoms with E-state index in [9.17, 15) is 22.0 Å². The number of benzene rings is 2. The number of hydrogen-bond acceptors (Lipinski definition) is 5. The number of aryl methyl sites for hydroxylation is 1. The van der Waals surface area contributed by atoms with E-state index in [1.54, 1.807) is 6.92 Å². The lowest BCUT2D eigenvalue weighted by Crippen LogP contribution is -2.40. The Hall–Kier alpha value is -2.56. The van der Waals surface area contributed by atoms with Gasteiger partial charge in [0.2, 0.25) is 10.0 Å². The Labute approximate surface area is 167 Å². The maximum Gasteiger partial charge on any atom is 0.262 e. The quantitative estimate of drug-likeness (QED) is 0.766. The summed E-state index contributed by atoms with van der Waals surface area (Å²) in [5.41, 5.74) is -0.0472. The maximum atomic E-state index is 13.6.